The molecule has 3 unspecified atom stereocenters. The van der Waals surface area contributed by atoms with Gasteiger partial charge in [0.25, 0.3) is 5.78 Å². The van der Waals surface area contributed by atoms with E-state index in [9.17, 15) is 28.0 Å². The number of rotatable bonds is 7. The fraction of sp³-hybridized carbons (Fsp3) is 0.292. The van der Waals surface area contributed by atoms with Crippen LogP contribution in [0.3, 0.4) is 0 Å². The lowest BCUT2D eigenvalue weighted by Crippen LogP contribution is -2.22. The third-order valence-electron chi connectivity index (χ3n) is 5.46. The van der Waals surface area contributed by atoms with Crippen LogP contribution in [0.25, 0.3) is 0 Å². The molecule has 0 spiro atoms. The first-order valence-electron chi connectivity index (χ1n) is 9.87. The second-order valence-corrected chi connectivity index (χ2v) is 8.95. The molecule has 0 aliphatic heterocycles. The fourth-order valence-corrected chi connectivity index (χ4v) is 4.04. The Morgan fingerprint density at radius 1 is 1.12 bits per heavy atom. The van der Waals surface area contributed by atoms with Crippen molar-refractivity contribution in [3.05, 3.63) is 70.7 Å². The molecule has 5 nitrogen and oxygen atoms in total. The van der Waals surface area contributed by atoms with Crippen molar-refractivity contribution in [3.63, 3.8) is 0 Å². The minimum absolute atomic E-state index is 0.387. The summed E-state index contributed by atoms with van der Waals surface area (Å²) < 4.78 is 48.4. The molecule has 0 aromatic heterocycles. The second kappa shape index (κ2) is 9.40. The number of esters is 1. The first-order valence-corrected chi connectivity index (χ1v) is 10.7. The lowest BCUT2D eigenvalue weighted by molar-refractivity contribution is -0.165. The van der Waals surface area contributed by atoms with E-state index in [2.05, 4.69) is 15.9 Å². The zero-order valence-electron chi connectivity index (χ0n) is 17.6. The van der Waals surface area contributed by atoms with E-state index in [1.54, 1.807) is 50.2 Å². The van der Waals surface area contributed by atoms with Gasteiger partial charge in [0, 0.05) is 5.56 Å². The van der Waals surface area contributed by atoms with Crippen LogP contribution in [0.5, 0.6) is 11.5 Å². The molecule has 1 saturated carbocycles. The molecule has 0 amide bonds. The molecule has 2 aromatic rings. The molecular formula is C24H19BrF3NO4. The smallest absolute Gasteiger partial charge is 0.455 e. The molecule has 2 aromatic carbocycles. The first kappa shape index (κ1) is 24.5. The molecular weight excluding hydrogens is 503 g/mol. The minimum Gasteiger partial charge on any atom is -0.457 e. The van der Waals surface area contributed by atoms with Crippen LogP contribution in [0.1, 0.15) is 25.5 Å². The molecule has 1 fully saturated rings. The number of hydrogen-bond donors (Lipinski definition) is 0. The summed E-state index contributed by atoms with van der Waals surface area (Å²) in [6.45, 7) is 3.35. The van der Waals surface area contributed by atoms with E-state index in [1.165, 1.54) is 0 Å². The van der Waals surface area contributed by atoms with E-state index >= 15 is 0 Å². The van der Waals surface area contributed by atoms with Crippen LogP contribution in [0.4, 0.5) is 13.2 Å². The maximum Gasteiger partial charge on any atom is 0.455 e. The summed E-state index contributed by atoms with van der Waals surface area (Å²) in [5.41, 5.74) is -0.349. The summed E-state index contributed by atoms with van der Waals surface area (Å²) in [5.74, 6) is -3.18. The van der Waals surface area contributed by atoms with Crippen molar-refractivity contribution in [2.24, 2.45) is 17.3 Å². The Labute approximate surface area is 196 Å². The Hall–Kier alpha value is -3.12. The third-order valence-corrected chi connectivity index (χ3v) is 6.08. The summed E-state index contributed by atoms with van der Waals surface area (Å²) in [7, 11) is 0. The van der Waals surface area contributed by atoms with Crippen molar-refractivity contribution in [2.45, 2.75) is 26.1 Å². The number of alkyl halides is 3. The highest BCUT2D eigenvalue weighted by molar-refractivity contribution is 9.12. The number of ketones is 1. The second-order valence-electron chi connectivity index (χ2n) is 8.10. The van der Waals surface area contributed by atoms with E-state index in [0.29, 0.717) is 17.1 Å². The predicted molar refractivity (Wildman–Crippen MR) is 116 cm³/mol. The van der Waals surface area contributed by atoms with Gasteiger partial charge >= 0.3 is 12.1 Å². The number of benzene rings is 2. The van der Waals surface area contributed by atoms with Crippen LogP contribution < -0.4 is 4.74 Å². The molecule has 0 radical (unpaired) electrons. The van der Waals surface area contributed by atoms with Crippen molar-refractivity contribution < 1.29 is 32.2 Å². The van der Waals surface area contributed by atoms with Gasteiger partial charge in [0.05, 0.1) is 10.4 Å². The summed E-state index contributed by atoms with van der Waals surface area (Å²) in [5, 5.41) is 9.56. The Morgan fingerprint density at radius 3 is 2.36 bits per heavy atom. The van der Waals surface area contributed by atoms with Gasteiger partial charge in [-0.25, -0.2) is 0 Å². The number of halogens is 4. The quantitative estimate of drug-likeness (QED) is 0.317. The summed E-state index contributed by atoms with van der Waals surface area (Å²) in [4.78, 5) is 24.1. The molecule has 1 aliphatic carbocycles. The van der Waals surface area contributed by atoms with Crippen LogP contribution in [0.2, 0.25) is 0 Å². The zero-order chi connectivity index (χ0) is 24.4. The summed E-state index contributed by atoms with van der Waals surface area (Å²) in [6.07, 6.45) is -5.18. The number of nitrogens with zero attached hydrogens (tertiary/aromatic N) is 1. The maximum atomic E-state index is 12.7. The lowest BCUT2D eigenvalue weighted by atomic mass is 10.1. The third kappa shape index (κ3) is 5.63. The van der Waals surface area contributed by atoms with Gasteiger partial charge in [0.1, 0.15) is 17.6 Å². The van der Waals surface area contributed by atoms with Crippen molar-refractivity contribution in [1.82, 2.24) is 0 Å². The molecule has 3 atom stereocenters. The number of carbonyl (C=O) groups is 2. The number of para-hydroxylation sites is 1. The predicted octanol–water partition coefficient (Wildman–Crippen LogP) is 6.27. The highest BCUT2D eigenvalue weighted by Crippen LogP contribution is 2.60. The Kier molecular flexibility index (Phi) is 6.98. The van der Waals surface area contributed by atoms with Gasteiger partial charge in [-0.2, -0.15) is 18.4 Å². The number of hydrogen-bond acceptors (Lipinski definition) is 5. The summed E-state index contributed by atoms with van der Waals surface area (Å²) >= 11 is 2.66. The van der Waals surface area contributed by atoms with E-state index in [1.807, 2.05) is 24.3 Å². The highest BCUT2D eigenvalue weighted by atomic mass is 79.9. The number of nitriles is 1. The molecule has 0 N–H and O–H groups in total. The van der Waals surface area contributed by atoms with Gasteiger partial charge in [0.2, 0.25) is 6.10 Å². The molecule has 0 bridgehead atoms. The topological polar surface area (TPSA) is 76.4 Å². The number of carbonyl (C=O) groups excluding carboxylic acids is 2. The van der Waals surface area contributed by atoms with Crippen molar-refractivity contribution >= 4 is 27.7 Å². The van der Waals surface area contributed by atoms with Gasteiger partial charge in [-0.15, -0.1) is 0 Å². The minimum atomic E-state index is -5.02. The van der Waals surface area contributed by atoms with Gasteiger partial charge < -0.3 is 9.47 Å². The summed E-state index contributed by atoms with van der Waals surface area (Å²) in [6, 6.07) is 17.4. The van der Waals surface area contributed by atoms with E-state index in [0.717, 1.165) is 6.08 Å². The van der Waals surface area contributed by atoms with E-state index in [4.69, 9.17) is 9.47 Å². The monoisotopic (exact) mass is 521 g/mol. The Morgan fingerprint density at radius 2 is 1.76 bits per heavy atom. The van der Waals surface area contributed by atoms with Crippen LogP contribution in [0, 0.1) is 28.6 Å². The number of Topliss-reactive ketones (excluding diaryl/α,β-unsaturated/α-hetero) is 1. The van der Waals surface area contributed by atoms with Gasteiger partial charge in [-0.3, -0.25) is 9.59 Å². The normalized spacial score (nSPS) is 20.3. The average Bonchev–Trinajstić information content (AvgIpc) is 3.31. The first-order chi connectivity index (χ1) is 15.4. The van der Waals surface area contributed by atoms with Crippen LogP contribution in [-0.4, -0.2) is 17.9 Å². The van der Waals surface area contributed by atoms with Gasteiger partial charge in [-0.05, 0) is 51.5 Å². The molecule has 172 valence electrons. The van der Waals surface area contributed by atoms with Gasteiger partial charge in [-0.1, -0.05) is 50.3 Å². The van der Waals surface area contributed by atoms with E-state index < -0.39 is 45.8 Å². The standard InChI is InChI=1S/C24H19BrF3NO4/c1-23(2)17(12-18(25)21(30)24(26,27)28)20(23)22(31)33-19(13-29)14-7-6-10-16(11-14)32-15-8-4-3-5-9-15/h3-12,17,19-20H,1-2H3/b18-12+. The fourth-order valence-electron chi connectivity index (χ4n) is 3.53. The van der Waals surface area contributed by atoms with Crippen LogP contribution in [0.15, 0.2) is 65.2 Å². The Bertz CT molecular complexity index is 1120. The van der Waals surface area contributed by atoms with Crippen LogP contribution in [-0.2, 0) is 14.3 Å². The SMILES string of the molecule is CC1(C)C(/C=C(/Br)C(=O)C(F)(F)F)C1C(=O)OC(C#N)c1cccc(Oc2ccccc2)c1. The van der Waals surface area contributed by atoms with Crippen LogP contribution >= 0.6 is 15.9 Å². The molecule has 0 saturated heterocycles. The average molecular weight is 522 g/mol. The molecule has 33 heavy (non-hydrogen) atoms. The molecule has 3 rings (SSSR count). The lowest BCUT2D eigenvalue weighted by Gasteiger charge is -2.13. The van der Waals surface area contributed by atoms with Crippen molar-refractivity contribution in [1.29, 1.82) is 5.26 Å². The Balaban J connectivity index is 1.72. The van der Waals surface area contributed by atoms with E-state index in [-0.39, 0.29) is 0 Å². The number of allylic oxidation sites excluding steroid dienone is 2. The zero-order valence-corrected chi connectivity index (χ0v) is 19.2. The molecule has 1 aliphatic rings. The van der Waals surface area contributed by atoms with Crippen molar-refractivity contribution in [2.75, 3.05) is 0 Å². The number of ether oxygens (including phenoxy) is 2. The van der Waals surface area contributed by atoms with Crippen molar-refractivity contribution in [3.8, 4) is 17.6 Å². The maximum absolute atomic E-state index is 12.7. The molecule has 0 heterocycles. The highest BCUT2D eigenvalue weighted by Gasteiger charge is 2.62. The largest absolute Gasteiger partial charge is 0.457 e. The van der Waals surface area contributed by atoms with Gasteiger partial charge in [0.15, 0.2) is 0 Å². The molecule has 9 heteroatoms.